The normalized spacial score (nSPS) is 12.0. The highest BCUT2D eigenvalue weighted by molar-refractivity contribution is 5.97. The molecule has 114 valence electrons. The quantitative estimate of drug-likeness (QED) is 0.707. The molecule has 1 aromatic carbocycles. The van der Waals surface area contributed by atoms with Gasteiger partial charge in [0.05, 0.1) is 6.42 Å². The number of benzene rings is 1. The van der Waals surface area contributed by atoms with E-state index in [-0.39, 0.29) is 0 Å². The molecule has 0 saturated heterocycles. The highest BCUT2D eigenvalue weighted by atomic mass is 16.4. The van der Waals surface area contributed by atoms with Crippen LogP contribution < -0.4 is 5.32 Å². The monoisotopic (exact) mass is 293 g/mol. The third-order valence-corrected chi connectivity index (χ3v) is 2.82. The Kier molecular flexibility index (Phi) is 5.90. The van der Waals surface area contributed by atoms with E-state index in [1.807, 2.05) is 6.07 Å². The lowest BCUT2D eigenvalue weighted by molar-refractivity contribution is -0.145. The number of hydrogen-bond acceptors (Lipinski definition) is 3. The molecule has 1 rings (SSSR count). The van der Waals surface area contributed by atoms with Gasteiger partial charge in [0.1, 0.15) is 6.04 Å². The Hall–Kier alpha value is -2.37. The van der Waals surface area contributed by atoms with Gasteiger partial charge in [-0.1, -0.05) is 26.0 Å². The van der Waals surface area contributed by atoms with Crippen molar-refractivity contribution >= 4 is 17.8 Å². The molecule has 0 fully saturated rings. The Morgan fingerprint density at radius 1 is 1.19 bits per heavy atom. The van der Waals surface area contributed by atoms with E-state index in [0.29, 0.717) is 11.5 Å². The molecule has 1 amide bonds. The highest BCUT2D eigenvalue weighted by Crippen LogP contribution is 2.11. The van der Waals surface area contributed by atoms with Gasteiger partial charge < -0.3 is 15.5 Å². The molecule has 1 atom stereocenters. The van der Waals surface area contributed by atoms with Gasteiger partial charge in [-0.3, -0.25) is 9.59 Å². The highest BCUT2D eigenvalue weighted by Gasteiger charge is 2.23. The van der Waals surface area contributed by atoms with E-state index in [1.165, 1.54) is 0 Å². The van der Waals surface area contributed by atoms with E-state index in [9.17, 15) is 14.4 Å². The third-order valence-electron chi connectivity index (χ3n) is 2.82. The van der Waals surface area contributed by atoms with Crippen LogP contribution in [0.15, 0.2) is 24.3 Å². The average Bonchev–Trinajstić information content (AvgIpc) is 2.36. The molecule has 3 N–H and O–H groups in total. The summed E-state index contributed by atoms with van der Waals surface area (Å²) < 4.78 is 0. The fraction of sp³-hybridized carbons (Fsp3) is 0.400. The standard InChI is InChI=1S/C15H19NO5/c1-9(2)6-10-4-3-5-11(7-10)14(19)16-12(15(20)21)8-13(17)18/h3-5,7,9,12H,6,8H2,1-2H3,(H,16,19)(H,17,18)(H,20,21)/t12-/m0/s1. The summed E-state index contributed by atoms with van der Waals surface area (Å²) in [5, 5.41) is 19.8. The Bertz CT molecular complexity index is 539. The van der Waals surface area contributed by atoms with Crippen LogP contribution in [0.2, 0.25) is 0 Å². The van der Waals surface area contributed by atoms with E-state index in [1.54, 1.807) is 18.2 Å². The lowest BCUT2D eigenvalue weighted by Gasteiger charge is -2.13. The summed E-state index contributed by atoms with van der Waals surface area (Å²) in [6, 6.07) is 5.43. The van der Waals surface area contributed by atoms with E-state index >= 15 is 0 Å². The second-order valence-corrected chi connectivity index (χ2v) is 5.26. The smallest absolute Gasteiger partial charge is 0.326 e. The largest absolute Gasteiger partial charge is 0.481 e. The van der Waals surface area contributed by atoms with Crippen LogP contribution in [-0.2, 0) is 16.0 Å². The summed E-state index contributed by atoms with van der Waals surface area (Å²) >= 11 is 0. The number of carbonyl (C=O) groups excluding carboxylic acids is 1. The summed E-state index contributed by atoms with van der Waals surface area (Å²) in [5.41, 5.74) is 1.30. The molecule has 0 aliphatic carbocycles. The number of hydrogen-bond donors (Lipinski definition) is 3. The van der Waals surface area contributed by atoms with E-state index < -0.39 is 30.3 Å². The Morgan fingerprint density at radius 3 is 2.38 bits per heavy atom. The first-order valence-corrected chi connectivity index (χ1v) is 6.64. The first-order chi connectivity index (χ1) is 9.79. The average molecular weight is 293 g/mol. The van der Waals surface area contributed by atoms with Crippen molar-refractivity contribution in [1.82, 2.24) is 5.32 Å². The molecular formula is C15H19NO5. The van der Waals surface area contributed by atoms with Crippen molar-refractivity contribution in [2.75, 3.05) is 0 Å². The molecular weight excluding hydrogens is 274 g/mol. The topological polar surface area (TPSA) is 104 Å². The number of carboxylic acids is 2. The van der Waals surface area contributed by atoms with Crippen molar-refractivity contribution in [2.45, 2.75) is 32.7 Å². The summed E-state index contributed by atoms with van der Waals surface area (Å²) in [6.07, 6.45) is 0.144. The molecule has 0 unspecified atom stereocenters. The molecule has 0 radical (unpaired) electrons. The summed E-state index contributed by atoms with van der Waals surface area (Å²) in [4.78, 5) is 33.5. The number of nitrogens with one attached hydrogen (secondary N) is 1. The number of aliphatic carboxylic acids is 2. The molecule has 1 aromatic rings. The number of carboxylic acid groups (broad SMARTS) is 2. The van der Waals surface area contributed by atoms with Crippen molar-refractivity contribution in [2.24, 2.45) is 5.92 Å². The van der Waals surface area contributed by atoms with Gasteiger partial charge >= 0.3 is 11.9 Å². The zero-order valence-electron chi connectivity index (χ0n) is 12.0. The zero-order valence-corrected chi connectivity index (χ0v) is 12.0. The summed E-state index contributed by atoms with van der Waals surface area (Å²) in [7, 11) is 0. The van der Waals surface area contributed by atoms with Gasteiger partial charge in [-0.05, 0) is 30.0 Å². The van der Waals surface area contributed by atoms with Crippen molar-refractivity contribution in [3.8, 4) is 0 Å². The van der Waals surface area contributed by atoms with Crippen LogP contribution in [0.3, 0.4) is 0 Å². The molecule has 0 heterocycles. The lowest BCUT2D eigenvalue weighted by Crippen LogP contribution is -2.42. The number of amides is 1. The molecule has 0 spiro atoms. The Morgan fingerprint density at radius 2 is 1.86 bits per heavy atom. The van der Waals surface area contributed by atoms with Crippen molar-refractivity contribution in [1.29, 1.82) is 0 Å². The summed E-state index contributed by atoms with van der Waals surface area (Å²) in [5.74, 6) is -2.81. The minimum absolute atomic E-state index is 0.324. The summed E-state index contributed by atoms with van der Waals surface area (Å²) in [6.45, 7) is 4.11. The van der Waals surface area contributed by atoms with Crippen LogP contribution in [0, 0.1) is 5.92 Å². The number of rotatable bonds is 7. The van der Waals surface area contributed by atoms with Crippen LogP contribution in [0.25, 0.3) is 0 Å². The first kappa shape index (κ1) is 16.7. The molecule has 0 aromatic heterocycles. The third kappa shape index (κ3) is 5.64. The van der Waals surface area contributed by atoms with Crippen LogP contribution >= 0.6 is 0 Å². The van der Waals surface area contributed by atoms with Gasteiger partial charge in [-0.2, -0.15) is 0 Å². The first-order valence-electron chi connectivity index (χ1n) is 6.64. The predicted molar refractivity (Wildman–Crippen MR) is 76.1 cm³/mol. The second kappa shape index (κ2) is 7.42. The SMILES string of the molecule is CC(C)Cc1cccc(C(=O)N[C@@H](CC(=O)O)C(=O)O)c1. The molecule has 0 aliphatic heterocycles. The molecule has 0 aliphatic rings. The predicted octanol–water partition coefficient (Wildman–Crippen LogP) is 1.54. The van der Waals surface area contributed by atoms with Crippen molar-refractivity contribution in [3.63, 3.8) is 0 Å². The Labute approximate surface area is 122 Å². The zero-order chi connectivity index (χ0) is 16.0. The maximum atomic E-state index is 12.0. The number of carbonyl (C=O) groups is 3. The van der Waals surface area contributed by atoms with Gasteiger partial charge in [-0.15, -0.1) is 0 Å². The van der Waals surface area contributed by atoms with Gasteiger partial charge in [0.15, 0.2) is 0 Å². The lowest BCUT2D eigenvalue weighted by atomic mass is 10.0. The van der Waals surface area contributed by atoms with E-state index in [0.717, 1.165) is 12.0 Å². The minimum atomic E-state index is -1.44. The van der Waals surface area contributed by atoms with Crippen LogP contribution in [-0.4, -0.2) is 34.1 Å². The molecule has 0 bridgehead atoms. The van der Waals surface area contributed by atoms with Crippen LogP contribution in [0.1, 0.15) is 36.2 Å². The minimum Gasteiger partial charge on any atom is -0.481 e. The van der Waals surface area contributed by atoms with Crippen LogP contribution in [0.5, 0.6) is 0 Å². The van der Waals surface area contributed by atoms with Gasteiger partial charge in [0, 0.05) is 5.56 Å². The fourth-order valence-corrected chi connectivity index (χ4v) is 1.93. The van der Waals surface area contributed by atoms with E-state index in [2.05, 4.69) is 19.2 Å². The molecule has 6 heteroatoms. The second-order valence-electron chi connectivity index (χ2n) is 5.26. The van der Waals surface area contributed by atoms with E-state index in [4.69, 9.17) is 10.2 Å². The molecule has 6 nitrogen and oxygen atoms in total. The molecule has 21 heavy (non-hydrogen) atoms. The maximum absolute atomic E-state index is 12.0. The van der Waals surface area contributed by atoms with Gasteiger partial charge in [0.2, 0.25) is 0 Å². The van der Waals surface area contributed by atoms with Gasteiger partial charge in [-0.25, -0.2) is 4.79 Å². The van der Waals surface area contributed by atoms with Crippen LogP contribution in [0.4, 0.5) is 0 Å². The Balaban J connectivity index is 2.82. The van der Waals surface area contributed by atoms with Crippen molar-refractivity contribution < 1.29 is 24.6 Å². The fourth-order valence-electron chi connectivity index (χ4n) is 1.93. The van der Waals surface area contributed by atoms with Gasteiger partial charge in [0.25, 0.3) is 5.91 Å². The maximum Gasteiger partial charge on any atom is 0.326 e. The molecule has 0 saturated carbocycles. The van der Waals surface area contributed by atoms with Crippen molar-refractivity contribution in [3.05, 3.63) is 35.4 Å².